The zero-order valence-corrected chi connectivity index (χ0v) is 7.34. The van der Waals surface area contributed by atoms with Gasteiger partial charge in [0.25, 0.3) is 0 Å². The molecule has 64 valence electrons. The van der Waals surface area contributed by atoms with Crippen molar-refractivity contribution in [1.29, 1.82) is 0 Å². The minimum Gasteiger partial charge on any atom is -0.389 e. The van der Waals surface area contributed by atoms with E-state index in [1.54, 1.807) is 0 Å². The minimum atomic E-state index is -0.159. The summed E-state index contributed by atoms with van der Waals surface area (Å²) in [5, 5.41) is 9.54. The van der Waals surface area contributed by atoms with Gasteiger partial charge in [-0.1, -0.05) is 19.4 Å². The molecule has 0 amide bonds. The second-order valence-corrected chi connectivity index (χ2v) is 3.30. The van der Waals surface area contributed by atoms with E-state index >= 15 is 0 Å². The fraction of sp³-hybridized carbons (Fsp3) is 0.800. The van der Waals surface area contributed by atoms with Gasteiger partial charge in [0, 0.05) is 0 Å². The molecule has 1 aliphatic rings. The van der Waals surface area contributed by atoms with Crippen molar-refractivity contribution >= 4 is 0 Å². The lowest BCUT2D eigenvalue weighted by Crippen LogP contribution is -2.07. The van der Waals surface area contributed by atoms with Crippen LogP contribution < -0.4 is 0 Å². The van der Waals surface area contributed by atoms with Gasteiger partial charge in [-0.15, -0.1) is 0 Å². The molecule has 0 heterocycles. The summed E-state index contributed by atoms with van der Waals surface area (Å²) < 4.78 is 0. The molecular weight excluding hydrogens is 136 g/mol. The summed E-state index contributed by atoms with van der Waals surface area (Å²) in [4.78, 5) is 0. The van der Waals surface area contributed by atoms with Gasteiger partial charge in [-0.2, -0.15) is 0 Å². The van der Waals surface area contributed by atoms with Gasteiger partial charge >= 0.3 is 0 Å². The molecule has 0 unspecified atom stereocenters. The highest BCUT2D eigenvalue weighted by molar-refractivity contribution is 5.08. The molecule has 0 spiro atoms. The Morgan fingerprint density at radius 3 is 3.00 bits per heavy atom. The van der Waals surface area contributed by atoms with E-state index in [4.69, 9.17) is 0 Å². The molecule has 0 radical (unpaired) electrons. The fourth-order valence-corrected chi connectivity index (χ4v) is 1.60. The molecule has 0 aromatic rings. The van der Waals surface area contributed by atoms with Gasteiger partial charge in [0.15, 0.2) is 0 Å². The molecule has 0 bridgehead atoms. The number of hydrogen-bond donors (Lipinski definition) is 1. The number of hydrogen-bond acceptors (Lipinski definition) is 1. The van der Waals surface area contributed by atoms with Crippen LogP contribution in [-0.2, 0) is 0 Å². The lowest BCUT2D eigenvalue weighted by molar-refractivity contribution is 0.202. The van der Waals surface area contributed by atoms with Crippen LogP contribution in [0.25, 0.3) is 0 Å². The van der Waals surface area contributed by atoms with Crippen LogP contribution in [0, 0.1) is 0 Å². The molecule has 1 aliphatic carbocycles. The van der Waals surface area contributed by atoms with Gasteiger partial charge in [0.2, 0.25) is 0 Å². The summed E-state index contributed by atoms with van der Waals surface area (Å²) in [5.74, 6) is 0. The Kier molecular flexibility index (Phi) is 3.64. The van der Waals surface area contributed by atoms with Crippen molar-refractivity contribution in [1.82, 2.24) is 0 Å². The molecule has 1 atom stereocenters. The predicted molar refractivity (Wildman–Crippen MR) is 47.5 cm³/mol. The van der Waals surface area contributed by atoms with E-state index in [9.17, 15) is 5.11 Å². The zero-order chi connectivity index (χ0) is 8.10. The molecule has 1 rings (SSSR count). The average molecular weight is 154 g/mol. The third kappa shape index (κ3) is 2.66. The monoisotopic (exact) mass is 154 g/mol. The van der Waals surface area contributed by atoms with Gasteiger partial charge in [0.05, 0.1) is 6.10 Å². The maximum Gasteiger partial charge on any atom is 0.0747 e. The Morgan fingerprint density at radius 1 is 1.45 bits per heavy atom. The highest BCUT2D eigenvalue weighted by Crippen LogP contribution is 2.20. The number of aliphatic hydroxyl groups excluding tert-OH is 1. The molecule has 0 saturated heterocycles. The largest absolute Gasteiger partial charge is 0.389 e. The van der Waals surface area contributed by atoms with E-state index in [-0.39, 0.29) is 6.10 Å². The Morgan fingerprint density at radius 2 is 2.27 bits per heavy atom. The van der Waals surface area contributed by atoms with Crippen LogP contribution in [0.3, 0.4) is 0 Å². The lowest BCUT2D eigenvalue weighted by Gasteiger charge is -2.10. The van der Waals surface area contributed by atoms with Gasteiger partial charge in [-0.05, 0) is 37.7 Å². The third-order valence-electron chi connectivity index (χ3n) is 2.39. The highest BCUT2D eigenvalue weighted by Gasteiger charge is 2.09. The summed E-state index contributed by atoms with van der Waals surface area (Å²) in [5.41, 5.74) is 1.28. The quantitative estimate of drug-likeness (QED) is 0.606. The number of rotatable bonds is 2. The lowest BCUT2D eigenvalue weighted by atomic mass is 10.0. The van der Waals surface area contributed by atoms with Gasteiger partial charge < -0.3 is 5.11 Å². The second-order valence-electron chi connectivity index (χ2n) is 3.30. The van der Waals surface area contributed by atoms with Crippen molar-refractivity contribution in [3.05, 3.63) is 11.6 Å². The smallest absolute Gasteiger partial charge is 0.0747 e. The van der Waals surface area contributed by atoms with Crippen LogP contribution in [0.15, 0.2) is 11.6 Å². The van der Waals surface area contributed by atoms with E-state index in [0.29, 0.717) is 0 Å². The summed E-state index contributed by atoms with van der Waals surface area (Å²) in [6.07, 6.45) is 9.14. The summed E-state index contributed by atoms with van der Waals surface area (Å²) in [7, 11) is 0. The fourth-order valence-electron chi connectivity index (χ4n) is 1.60. The zero-order valence-electron chi connectivity index (χ0n) is 7.34. The first-order valence-electron chi connectivity index (χ1n) is 4.71. The standard InChI is InChI=1S/C10H18O/c1-2-10(11)9-7-5-3-4-6-8-9/h7,10-11H,2-6,8H2,1H3/t10-/m1/s1. The van der Waals surface area contributed by atoms with Crippen LogP contribution >= 0.6 is 0 Å². The normalized spacial score (nSPS) is 22.2. The van der Waals surface area contributed by atoms with Gasteiger partial charge in [-0.25, -0.2) is 0 Å². The Labute approximate surface area is 69.1 Å². The van der Waals surface area contributed by atoms with Crippen LogP contribution in [0.2, 0.25) is 0 Å². The van der Waals surface area contributed by atoms with Crippen LogP contribution in [0.5, 0.6) is 0 Å². The Balaban J connectivity index is 2.46. The van der Waals surface area contributed by atoms with E-state index < -0.39 is 0 Å². The molecule has 1 nitrogen and oxygen atoms in total. The van der Waals surface area contributed by atoms with E-state index in [1.807, 2.05) is 6.92 Å². The van der Waals surface area contributed by atoms with Crippen molar-refractivity contribution in [2.24, 2.45) is 0 Å². The second kappa shape index (κ2) is 4.55. The van der Waals surface area contributed by atoms with Crippen molar-refractivity contribution < 1.29 is 5.11 Å². The number of aliphatic hydroxyl groups is 1. The Bertz CT molecular complexity index is 138. The first-order chi connectivity index (χ1) is 5.34. The highest BCUT2D eigenvalue weighted by atomic mass is 16.3. The molecule has 0 fully saturated rings. The van der Waals surface area contributed by atoms with Crippen LogP contribution in [-0.4, -0.2) is 11.2 Å². The molecule has 1 heteroatoms. The predicted octanol–water partition coefficient (Wildman–Crippen LogP) is 2.65. The first kappa shape index (κ1) is 8.79. The van der Waals surface area contributed by atoms with E-state index in [1.165, 1.54) is 31.3 Å². The summed E-state index contributed by atoms with van der Waals surface area (Å²) in [6, 6.07) is 0. The third-order valence-corrected chi connectivity index (χ3v) is 2.39. The molecule has 1 N–H and O–H groups in total. The molecular formula is C10H18O. The molecule has 0 saturated carbocycles. The van der Waals surface area contributed by atoms with Crippen molar-refractivity contribution in [3.8, 4) is 0 Å². The van der Waals surface area contributed by atoms with Crippen LogP contribution in [0.1, 0.15) is 45.4 Å². The molecule has 0 aliphatic heterocycles. The van der Waals surface area contributed by atoms with Crippen molar-refractivity contribution in [3.63, 3.8) is 0 Å². The molecule has 0 aromatic heterocycles. The summed E-state index contributed by atoms with van der Waals surface area (Å²) >= 11 is 0. The van der Waals surface area contributed by atoms with Crippen molar-refractivity contribution in [2.45, 2.75) is 51.6 Å². The maximum atomic E-state index is 9.54. The summed E-state index contributed by atoms with van der Waals surface area (Å²) in [6.45, 7) is 2.04. The maximum absolute atomic E-state index is 9.54. The molecule has 11 heavy (non-hydrogen) atoms. The number of allylic oxidation sites excluding steroid dienone is 1. The average Bonchev–Trinajstić information content (AvgIpc) is 2.30. The minimum absolute atomic E-state index is 0.159. The van der Waals surface area contributed by atoms with Crippen LogP contribution in [0.4, 0.5) is 0 Å². The van der Waals surface area contributed by atoms with Gasteiger partial charge in [-0.3, -0.25) is 0 Å². The topological polar surface area (TPSA) is 20.2 Å². The Hall–Kier alpha value is -0.300. The van der Waals surface area contributed by atoms with E-state index in [0.717, 1.165) is 12.8 Å². The van der Waals surface area contributed by atoms with E-state index in [2.05, 4.69) is 6.08 Å². The molecule has 0 aromatic carbocycles. The van der Waals surface area contributed by atoms with Gasteiger partial charge in [0.1, 0.15) is 0 Å². The SMILES string of the molecule is CC[C@@H](O)C1=CCCCCC1. The first-order valence-corrected chi connectivity index (χ1v) is 4.71. The van der Waals surface area contributed by atoms with Crippen molar-refractivity contribution in [2.75, 3.05) is 0 Å².